The molecule has 0 unspecified atom stereocenters. The van der Waals surface area contributed by atoms with Crippen LogP contribution in [0.25, 0.3) is 22.6 Å². The second-order valence-electron chi connectivity index (χ2n) is 6.80. The Morgan fingerprint density at radius 3 is 2.00 bits per heavy atom. The summed E-state index contributed by atoms with van der Waals surface area (Å²) in [6.07, 6.45) is 1.36. The Labute approximate surface area is 196 Å². The van der Waals surface area contributed by atoms with Gasteiger partial charge in [0, 0.05) is 33.9 Å². The number of carbonyl (C=O) groups is 1. The number of rotatable bonds is 5. The lowest BCUT2D eigenvalue weighted by atomic mass is 10.1. The minimum absolute atomic E-state index is 0.0980. The van der Waals surface area contributed by atoms with Crippen LogP contribution in [0.3, 0.4) is 0 Å². The molecule has 1 heterocycles. The first-order valence-corrected chi connectivity index (χ1v) is 10.5. The summed E-state index contributed by atoms with van der Waals surface area (Å²) in [5.74, 6) is -0.520. The number of carboxylic acid groups (broad SMARTS) is 1. The molecule has 0 atom stereocenters. The summed E-state index contributed by atoms with van der Waals surface area (Å²) < 4.78 is 0. The van der Waals surface area contributed by atoms with Crippen LogP contribution in [0, 0.1) is 0 Å². The largest absolute Gasteiger partial charge is 0.478 e. The third kappa shape index (κ3) is 6.37. The van der Waals surface area contributed by atoms with Gasteiger partial charge in [0.1, 0.15) is 5.56 Å². The number of halogens is 2. The second kappa shape index (κ2) is 11.4. The van der Waals surface area contributed by atoms with Crippen molar-refractivity contribution in [1.82, 2.24) is 15.3 Å². The van der Waals surface area contributed by atoms with Gasteiger partial charge in [-0.25, -0.2) is 14.8 Å². The number of nitrogens with one attached hydrogen (secondary N) is 1. The number of benzene rings is 3. The van der Waals surface area contributed by atoms with Crippen LogP contribution in [0.1, 0.15) is 15.9 Å². The summed E-state index contributed by atoms with van der Waals surface area (Å²) in [5.41, 5.74) is 3.24. The molecule has 4 aromatic rings. The average Bonchev–Trinajstić information content (AvgIpc) is 2.80. The number of hydrogen-bond donors (Lipinski definition) is 2. The Morgan fingerprint density at radius 1 is 0.906 bits per heavy atom. The summed E-state index contributed by atoms with van der Waals surface area (Å²) in [6.45, 7) is 0.792. The molecule has 3 aromatic carbocycles. The quantitative estimate of drug-likeness (QED) is 0.365. The highest BCUT2D eigenvalue weighted by Crippen LogP contribution is 2.24. The fourth-order valence-corrected chi connectivity index (χ4v) is 3.57. The minimum atomic E-state index is -1.03. The monoisotopic (exact) mass is 465 g/mol. The minimum Gasteiger partial charge on any atom is -0.478 e. The summed E-state index contributed by atoms with van der Waals surface area (Å²) in [6, 6.07) is 24.3. The number of hydrogen-bond acceptors (Lipinski definition) is 4. The Bertz CT molecular complexity index is 1170. The van der Waals surface area contributed by atoms with E-state index in [1.54, 1.807) is 6.07 Å². The average molecular weight is 466 g/mol. The molecule has 0 saturated heterocycles. The molecule has 4 rings (SSSR count). The van der Waals surface area contributed by atoms with Crippen molar-refractivity contribution >= 4 is 29.2 Å². The topological polar surface area (TPSA) is 75.1 Å². The van der Waals surface area contributed by atoms with Crippen LogP contribution in [0.4, 0.5) is 0 Å². The van der Waals surface area contributed by atoms with Gasteiger partial charge >= 0.3 is 5.97 Å². The highest BCUT2D eigenvalue weighted by Gasteiger charge is 2.15. The Hall–Kier alpha value is -3.25. The number of carboxylic acids is 1. The fourth-order valence-electron chi connectivity index (χ4n) is 3.00. The van der Waals surface area contributed by atoms with E-state index in [0.717, 1.165) is 23.2 Å². The summed E-state index contributed by atoms with van der Waals surface area (Å²) >= 11 is 11.5. The van der Waals surface area contributed by atoms with Gasteiger partial charge in [-0.05, 0) is 30.8 Å². The molecule has 0 radical (unpaired) electrons. The lowest BCUT2D eigenvalue weighted by molar-refractivity contribution is 0.0697. The Balaban J connectivity index is 0.000000222. The third-order valence-electron chi connectivity index (χ3n) is 4.40. The lowest BCUT2D eigenvalue weighted by Gasteiger charge is -2.07. The predicted octanol–water partition coefficient (Wildman–Crippen LogP) is 6.22. The predicted molar refractivity (Wildman–Crippen MR) is 129 cm³/mol. The molecule has 0 aliphatic carbocycles. The lowest BCUT2D eigenvalue weighted by Crippen LogP contribution is -2.04. The van der Waals surface area contributed by atoms with E-state index in [1.807, 2.05) is 79.8 Å². The zero-order chi connectivity index (χ0) is 22.9. The first kappa shape index (κ1) is 23.4. The van der Waals surface area contributed by atoms with E-state index in [2.05, 4.69) is 15.3 Å². The summed E-state index contributed by atoms with van der Waals surface area (Å²) in [7, 11) is 1.88. The maximum absolute atomic E-state index is 11.4. The van der Waals surface area contributed by atoms with Gasteiger partial charge in [-0.2, -0.15) is 0 Å². The molecule has 2 N–H and O–H groups in total. The van der Waals surface area contributed by atoms with E-state index in [4.69, 9.17) is 23.2 Å². The van der Waals surface area contributed by atoms with Crippen LogP contribution < -0.4 is 5.32 Å². The van der Waals surface area contributed by atoms with E-state index >= 15 is 0 Å². The number of aromatic nitrogens is 2. The van der Waals surface area contributed by atoms with Gasteiger partial charge in [0.15, 0.2) is 5.82 Å². The van der Waals surface area contributed by atoms with E-state index in [9.17, 15) is 9.90 Å². The van der Waals surface area contributed by atoms with E-state index in [-0.39, 0.29) is 5.56 Å². The van der Waals surface area contributed by atoms with Crippen LogP contribution in [0.2, 0.25) is 10.0 Å². The van der Waals surface area contributed by atoms with Gasteiger partial charge in [-0.1, -0.05) is 83.9 Å². The van der Waals surface area contributed by atoms with Crippen molar-refractivity contribution in [2.24, 2.45) is 0 Å². The standard InChI is InChI=1S/C17H12N2O2.C8H9Cl2N/c20-17(21)14-11-18-16(13-9-5-2-6-10-13)19-15(14)12-7-3-1-4-8-12;1-11-5-6-2-7(9)4-8(10)3-6/h1-11H,(H,20,21);2-4,11H,5H2,1H3. The molecular weight excluding hydrogens is 445 g/mol. The Kier molecular flexibility index (Phi) is 8.34. The van der Waals surface area contributed by atoms with Crippen LogP contribution in [0.15, 0.2) is 85.1 Å². The van der Waals surface area contributed by atoms with E-state index in [1.165, 1.54) is 6.20 Å². The first-order valence-electron chi connectivity index (χ1n) is 9.78. The van der Waals surface area contributed by atoms with Gasteiger partial charge in [0.2, 0.25) is 0 Å². The number of aromatic carboxylic acids is 1. The zero-order valence-electron chi connectivity index (χ0n) is 17.3. The Morgan fingerprint density at radius 2 is 1.47 bits per heavy atom. The maximum Gasteiger partial charge on any atom is 0.339 e. The SMILES string of the molecule is CNCc1cc(Cl)cc(Cl)c1.O=C(O)c1cnc(-c2ccccc2)nc1-c1ccccc1. The summed E-state index contributed by atoms with van der Waals surface area (Å²) in [5, 5.41) is 13.7. The molecule has 0 saturated carbocycles. The van der Waals surface area contributed by atoms with E-state index in [0.29, 0.717) is 21.6 Å². The second-order valence-corrected chi connectivity index (χ2v) is 7.67. The number of nitrogens with zero attached hydrogens (tertiary/aromatic N) is 2. The van der Waals surface area contributed by atoms with Gasteiger partial charge in [-0.3, -0.25) is 0 Å². The molecule has 7 heteroatoms. The van der Waals surface area contributed by atoms with Crippen molar-refractivity contribution in [2.45, 2.75) is 6.54 Å². The molecule has 0 bridgehead atoms. The maximum atomic E-state index is 11.4. The van der Waals surface area contributed by atoms with Gasteiger partial charge in [-0.15, -0.1) is 0 Å². The fraction of sp³-hybridized carbons (Fsp3) is 0.0800. The highest BCUT2D eigenvalue weighted by molar-refractivity contribution is 6.34. The molecule has 0 spiro atoms. The molecule has 162 valence electrons. The molecule has 32 heavy (non-hydrogen) atoms. The molecular formula is C25H21Cl2N3O2. The van der Waals surface area contributed by atoms with Gasteiger partial charge in [0.05, 0.1) is 5.69 Å². The first-order chi connectivity index (χ1) is 15.5. The zero-order valence-corrected chi connectivity index (χ0v) is 18.8. The molecule has 0 aliphatic rings. The van der Waals surface area contributed by atoms with Crippen molar-refractivity contribution in [1.29, 1.82) is 0 Å². The van der Waals surface area contributed by atoms with Crippen LogP contribution in [-0.2, 0) is 6.54 Å². The smallest absolute Gasteiger partial charge is 0.339 e. The van der Waals surface area contributed by atoms with Crippen molar-refractivity contribution in [3.63, 3.8) is 0 Å². The van der Waals surface area contributed by atoms with Crippen LogP contribution in [0.5, 0.6) is 0 Å². The van der Waals surface area contributed by atoms with Crippen molar-refractivity contribution in [3.8, 4) is 22.6 Å². The van der Waals surface area contributed by atoms with Crippen LogP contribution in [-0.4, -0.2) is 28.1 Å². The highest BCUT2D eigenvalue weighted by atomic mass is 35.5. The third-order valence-corrected chi connectivity index (χ3v) is 4.84. The van der Waals surface area contributed by atoms with E-state index < -0.39 is 5.97 Å². The van der Waals surface area contributed by atoms with Crippen molar-refractivity contribution in [2.75, 3.05) is 7.05 Å². The van der Waals surface area contributed by atoms with Crippen molar-refractivity contribution < 1.29 is 9.90 Å². The molecule has 0 aliphatic heterocycles. The molecule has 1 aromatic heterocycles. The van der Waals surface area contributed by atoms with Gasteiger partial charge < -0.3 is 10.4 Å². The summed E-state index contributed by atoms with van der Waals surface area (Å²) in [4.78, 5) is 20.0. The molecule has 0 amide bonds. The van der Waals surface area contributed by atoms with Crippen molar-refractivity contribution in [3.05, 3.63) is 106 Å². The molecule has 0 fully saturated rings. The van der Waals surface area contributed by atoms with Gasteiger partial charge in [0.25, 0.3) is 0 Å². The molecule has 5 nitrogen and oxygen atoms in total. The van der Waals surface area contributed by atoms with Crippen LogP contribution >= 0.6 is 23.2 Å². The normalized spacial score (nSPS) is 10.2.